The van der Waals surface area contributed by atoms with Gasteiger partial charge >= 0.3 is 5.97 Å². The van der Waals surface area contributed by atoms with Crippen LogP contribution in [0.3, 0.4) is 0 Å². The highest BCUT2D eigenvalue weighted by Crippen LogP contribution is 2.45. The molecule has 0 saturated heterocycles. The van der Waals surface area contributed by atoms with Crippen molar-refractivity contribution in [3.63, 3.8) is 0 Å². The van der Waals surface area contributed by atoms with E-state index in [1.165, 1.54) is 0 Å². The Morgan fingerprint density at radius 1 is 1.33 bits per heavy atom. The summed E-state index contributed by atoms with van der Waals surface area (Å²) in [5, 5.41) is 19.4. The van der Waals surface area contributed by atoms with Gasteiger partial charge in [-0.1, -0.05) is 30.7 Å². The molecule has 1 aliphatic carbocycles. The molecule has 0 unspecified atom stereocenters. The quantitative estimate of drug-likeness (QED) is 0.860. The summed E-state index contributed by atoms with van der Waals surface area (Å²) in [4.78, 5) is 11.6. The largest absolute Gasteiger partial charge is 0.481 e. The first kappa shape index (κ1) is 13.1. The zero-order valence-electron chi connectivity index (χ0n) is 10.9. The Balaban J connectivity index is 2.41. The van der Waals surface area contributed by atoms with Crippen molar-refractivity contribution >= 4 is 5.97 Å². The highest BCUT2D eigenvalue weighted by molar-refractivity contribution is 5.83. The summed E-state index contributed by atoms with van der Waals surface area (Å²) in [5.41, 5.74) is 0.291. The molecule has 1 aromatic carbocycles. The maximum absolute atomic E-state index is 11.6. The molecule has 1 fully saturated rings. The fourth-order valence-electron chi connectivity index (χ4n) is 2.74. The normalized spacial score (nSPS) is 18.2. The molecule has 3 nitrogen and oxygen atoms in total. The molecule has 0 heterocycles. The van der Waals surface area contributed by atoms with E-state index >= 15 is 0 Å². The molecule has 1 aromatic rings. The molecule has 2 N–H and O–H groups in total. The number of benzene rings is 1. The highest BCUT2D eigenvalue weighted by atomic mass is 16.4. The van der Waals surface area contributed by atoms with Gasteiger partial charge in [0, 0.05) is 6.42 Å². The summed E-state index contributed by atoms with van der Waals surface area (Å²) in [5.74, 6) is -0.739. The zero-order valence-corrected chi connectivity index (χ0v) is 10.9. The molecule has 18 heavy (non-hydrogen) atoms. The SMILES string of the molecule is CC(C)(O)Cc1ccccc1C1(C(=O)O)CCC1. The van der Waals surface area contributed by atoms with Crippen molar-refractivity contribution in [2.75, 3.05) is 0 Å². The van der Waals surface area contributed by atoms with Crippen LogP contribution in [0.2, 0.25) is 0 Å². The molecular weight excluding hydrogens is 228 g/mol. The van der Waals surface area contributed by atoms with Gasteiger partial charge in [-0.05, 0) is 37.8 Å². The molecule has 0 aromatic heterocycles. The molecular formula is C15H20O3. The Bertz CT molecular complexity index is 453. The van der Waals surface area contributed by atoms with E-state index in [4.69, 9.17) is 0 Å². The summed E-state index contributed by atoms with van der Waals surface area (Å²) >= 11 is 0. The number of rotatable bonds is 4. The van der Waals surface area contributed by atoms with Crippen molar-refractivity contribution in [2.45, 2.75) is 50.5 Å². The van der Waals surface area contributed by atoms with E-state index in [1.807, 2.05) is 24.3 Å². The third-order valence-electron chi connectivity index (χ3n) is 3.77. The number of carboxylic acids is 1. The Labute approximate surface area is 107 Å². The molecule has 0 radical (unpaired) electrons. The fraction of sp³-hybridized carbons (Fsp3) is 0.533. The number of aliphatic carboxylic acids is 1. The van der Waals surface area contributed by atoms with Gasteiger partial charge in [0.25, 0.3) is 0 Å². The fourth-order valence-corrected chi connectivity index (χ4v) is 2.74. The molecule has 0 atom stereocenters. The van der Waals surface area contributed by atoms with Crippen LogP contribution in [0, 0.1) is 0 Å². The maximum atomic E-state index is 11.6. The van der Waals surface area contributed by atoms with E-state index in [1.54, 1.807) is 13.8 Å². The van der Waals surface area contributed by atoms with Crippen molar-refractivity contribution in [3.8, 4) is 0 Å². The minimum absolute atomic E-state index is 0.484. The molecule has 3 heteroatoms. The van der Waals surface area contributed by atoms with Gasteiger partial charge in [-0.15, -0.1) is 0 Å². The van der Waals surface area contributed by atoms with Crippen molar-refractivity contribution < 1.29 is 15.0 Å². The van der Waals surface area contributed by atoms with Crippen molar-refractivity contribution in [3.05, 3.63) is 35.4 Å². The second kappa shape index (κ2) is 4.39. The van der Waals surface area contributed by atoms with E-state index in [0.29, 0.717) is 19.3 Å². The lowest BCUT2D eigenvalue weighted by Crippen LogP contribution is -2.43. The molecule has 0 bridgehead atoms. The molecule has 0 spiro atoms. The third-order valence-corrected chi connectivity index (χ3v) is 3.77. The zero-order chi connectivity index (χ0) is 13.4. The van der Waals surface area contributed by atoms with Gasteiger partial charge in [-0.2, -0.15) is 0 Å². The Morgan fingerprint density at radius 2 is 1.94 bits per heavy atom. The number of aliphatic hydroxyl groups is 1. The van der Waals surface area contributed by atoms with Gasteiger partial charge in [0.05, 0.1) is 11.0 Å². The van der Waals surface area contributed by atoms with E-state index in [9.17, 15) is 15.0 Å². The van der Waals surface area contributed by atoms with Gasteiger partial charge in [-0.3, -0.25) is 4.79 Å². The van der Waals surface area contributed by atoms with Crippen LogP contribution in [-0.4, -0.2) is 21.8 Å². The topological polar surface area (TPSA) is 57.5 Å². The van der Waals surface area contributed by atoms with E-state index in [-0.39, 0.29) is 0 Å². The number of hydrogen-bond acceptors (Lipinski definition) is 2. The van der Waals surface area contributed by atoms with Gasteiger partial charge in [0.15, 0.2) is 0 Å². The number of carboxylic acid groups (broad SMARTS) is 1. The van der Waals surface area contributed by atoms with Crippen LogP contribution in [0.5, 0.6) is 0 Å². The molecule has 98 valence electrons. The lowest BCUT2D eigenvalue weighted by molar-refractivity contribution is -0.147. The molecule has 2 rings (SSSR count). The average Bonchev–Trinajstić information content (AvgIpc) is 2.15. The van der Waals surface area contributed by atoms with Crippen LogP contribution in [0.15, 0.2) is 24.3 Å². The lowest BCUT2D eigenvalue weighted by Gasteiger charge is -2.40. The Morgan fingerprint density at radius 3 is 2.39 bits per heavy atom. The first-order valence-electron chi connectivity index (χ1n) is 6.39. The lowest BCUT2D eigenvalue weighted by atomic mass is 9.63. The number of carbonyl (C=O) groups is 1. The predicted molar refractivity (Wildman–Crippen MR) is 69.6 cm³/mol. The van der Waals surface area contributed by atoms with E-state index in [0.717, 1.165) is 17.5 Å². The highest BCUT2D eigenvalue weighted by Gasteiger charge is 2.47. The molecule has 0 aliphatic heterocycles. The summed E-state index contributed by atoms with van der Waals surface area (Å²) < 4.78 is 0. The summed E-state index contributed by atoms with van der Waals surface area (Å²) in [7, 11) is 0. The first-order chi connectivity index (χ1) is 8.35. The van der Waals surface area contributed by atoms with Crippen LogP contribution in [0.25, 0.3) is 0 Å². The van der Waals surface area contributed by atoms with Gasteiger partial charge in [0.2, 0.25) is 0 Å². The Kier molecular flexibility index (Phi) is 3.20. The van der Waals surface area contributed by atoms with Crippen LogP contribution in [0.4, 0.5) is 0 Å². The predicted octanol–water partition coefficient (Wildman–Crippen LogP) is 2.51. The summed E-state index contributed by atoms with van der Waals surface area (Å²) in [6, 6.07) is 7.61. The smallest absolute Gasteiger partial charge is 0.314 e. The average molecular weight is 248 g/mol. The minimum Gasteiger partial charge on any atom is -0.481 e. The summed E-state index contributed by atoms with van der Waals surface area (Å²) in [6.07, 6.45) is 2.85. The van der Waals surface area contributed by atoms with Gasteiger partial charge in [0.1, 0.15) is 0 Å². The van der Waals surface area contributed by atoms with Crippen LogP contribution >= 0.6 is 0 Å². The standard InChI is InChI=1S/C15H20O3/c1-14(2,18)10-11-6-3-4-7-12(11)15(13(16)17)8-5-9-15/h3-4,6-7,18H,5,8-10H2,1-2H3,(H,16,17). The Hall–Kier alpha value is -1.35. The van der Waals surface area contributed by atoms with Crippen LogP contribution in [-0.2, 0) is 16.6 Å². The first-order valence-corrected chi connectivity index (χ1v) is 6.39. The van der Waals surface area contributed by atoms with Gasteiger partial charge in [-0.25, -0.2) is 0 Å². The molecule has 1 aliphatic rings. The third kappa shape index (κ3) is 2.27. The van der Waals surface area contributed by atoms with Crippen molar-refractivity contribution in [1.82, 2.24) is 0 Å². The van der Waals surface area contributed by atoms with Crippen molar-refractivity contribution in [1.29, 1.82) is 0 Å². The van der Waals surface area contributed by atoms with Gasteiger partial charge < -0.3 is 10.2 Å². The van der Waals surface area contributed by atoms with E-state index in [2.05, 4.69) is 0 Å². The van der Waals surface area contributed by atoms with Crippen LogP contribution in [0.1, 0.15) is 44.2 Å². The van der Waals surface area contributed by atoms with Crippen LogP contribution < -0.4 is 0 Å². The molecule has 1 saturated carbocycles. The van der Waals surface area contributed by atoms with Crippen molar-refractivity contribution in [2.24, 2.45) is 0 Å². The number of hydrogen-bond donors (Lipinski definition) is 2. The second-order valence-electron chi connectivity index (χ2n) is 5.89. The monoisotopic (exact) mass is 248 g/mol. The second-order valence-corrected chi connectivity index (χ2v) is 5.89. The minimum atomic E-state index is -0.820. The summed E-state index contributed by atoms with van der Waals surface area (Å²) in [6.45, 7) is 3.50. The van der Waals surface area contributed by atoms with E-state index < -0.39 is 17.0 Å². The molecule has 0 amide bonds. The maximum Gasteiger partial charge on any atom is 0.314 e.